The molecule has 0 spiro atoms. The Morgan fingerprint density at radius 2 is 2.00 bits per heavy atom. The van der Waals surface area contributed by atoms with Gasteiger partial charge in [-0.15, -0.1) is 0 Å². The van der Waals surface area contributed by atoms with Gasteiger partial charge in [-0.05, 0) is 31.2 Å². The number of hydrogen-bond donors (Lipinski definition) is 1. The first kappa shape index (κ1) is 12.0. The molecular formula is C12H25NO. The maximum Gasteiger partial charge on any atom is 0.0462 e. The van der Waals surface area contributed by atoms with Gasteiger partial charge in [0.15, 0.2) is 0 Å². The van der Waals surface area contributed by atoms with Crippen LogP contribution in [0, 0.1) is 11.8 Å². The number of nitrogens with two attached hydrogens (primary N) is 1. The minimum atomic E-state index is 0.786. The topological polar surface area (TPSA) is 35.2 Å². The van der Waals surface area contributed by atoms with Gasteiger partial charge in [0.25, 0.3) is 0 Å². The van der Waals surface area contributed by atoms with Crippen LogP contribution in [0.15, 0.2) is 0 Å². The van der Waals surface area contributed by atoms with Crippen molar-refractivity contribution < 1.29 is 4.74 Å². The summed E-state index contributed by atoms with van der Waals surface area (Å²) in [4.78, 5) is 0. The molecule has 0 aromatic carbocycles. The first-order valence-electron chi connectivity index (χ1n) is 6.07. The molecule has 0 aromatic heterocycles. The lowest BCUT2D eigenvalue weighted by atomic mass is 9.87. The maximum absolute atomic E-state index is 5.84. The molecule has 2 nitrogen and oxygen atoms in total. The molecular weight excluding hydrogens is 174 g/mol. The smallest absolute Gasteiger partial charge is 0.0462 e. The lowest BCUT2D eigenvalue weighted by molar-refractivity contribution is 0.187. The third kappa shape index (κ3) is 3.97. The molecule has 0 bridgehead atoms. The average Bonchev–Trinajstić information content (AvgIpc) is 2.71. The molecule has 1 aliphatic carbocycles. The zero-order chi connectivity index (χ0) is 10.2. The largest absolute Gasteiger partial charge is 0.385 e. The molecule has 14 heavy (non-hydrogen) atoms. The van der Waals surface area contributed by atoms with Gasteiger partial charge in [0, 0.05) is 13.7 Å². The summed E-state index contributed by atoms with van der Waals surface area (Å²) in [5, 5.41) is 0. The van der Waals surface area contributed by atoms with E-state index in [2.05, 4.69) is 0 Å². The van der Waals surface area contributed by atoms with E-state index in [4.69, 9.17) is 10.5 Å². The highest BCUT2D eigenvalue weighted by molar-refractivity contribution is 4.76. The predicted octanol–water partition coefficient (Wildman–Crippen LogP) is 2.57. The van der Waals surface area contributed by atoms with Gasteiger partial charge in [0.2, 0.25) is 0 Å². The van der Waals surface area contributed by atoms with Crippen molar-refractivity contribution in [3.8, 4) is 0 Å². The SMILES string of the molecule is COCCCCC(CN)C1CCCC1. The summed E-state index contributed by atoms with van der Waals surface area (Å²) >= 11 is 0. The van der Waals surface area contributed by atoms with Crippen LogP contribution in [0.3, 0.4) is 0 Å². The van der Waals surface area contributed by atoms with Crippen LogP contribution in [-0.4, -0.2) is 20.3 Å². The van der Waals surface area contributed by atoms with Crippen molar-refractivity contribution in [1.82, 2.24) is 0 Å². The van der Waals surface area contributed by atoms with E-state index >= 15 is 0 Å². The maximum atomic E-state index is 5.84. The molecule has 0 amide bonds. The zero-order valence-corrected chi connectivity index (χ0v) is 9.50. The van der Waals surface area contributed by atoms with Crippen molar-refractivity contribution in [3.05, 3.63) is 0 Å². The van der Waals surface area contributed by atoms with E-state index in [1.807, 2.05) is 0 Å². The van der Waals surface area contributed by atoms with Crippen molar-refractivity contribution in [1.29, 1.82) is 0 Å². The second kappa shape index (κ2) is 7.24. The molecule has 84 valence electrons. The summed E-state index contributed by atoms with van der Waals surface area (Å²) in [5.41, 5.74) is 5.84. The number of ether oxygens (including phenoxy) is 1. The van der Waals surface area contributed by atoms with Crippen LogP contribution >= 0.6 is 0 Å². The highest BCUT2D eigenvalue weighted by atomic mass is 16.5. The Bertz CT molecular complexity index is 132. The van der Waals surface area contributed by atoms with Gasteiger partial charge in [0.1, 0.15) is 0 Å². The Kier molecular flexibility index (Phi) is 6.20. The number of hydrogen-bond acceptors (Lipinski definition) is 2. The molecule has 0 aliphatic heterocycles. The van der Waals surface area contributed by atoms with Crippen LogP contribution < -0.4 is 5.73 Å². The lowest BCUT2D eigenvalue weighted by Crippen LogP contribution is -2.21. The summed E-state index contributed by atoms with van der Waals surface area (Å²) in [6.07, 6.45) is 9.49. The molecule has 1 unspecified atom stereocenters. The van der Waals surface area contributed by atoms with Crippen molar-refractivity contribution in [2.45, 2.75) is 44.9 Å². The quantitative estimate of drug-likeness (QED) is 0.640. The Morgan fingerprint density at radius 1 is 1.29 bits per heavy atom. The molecule has 2 heteroatoms. The van der Waals surface area contributed by atoms with E-state index in [-0.39, 0.29) is 0 Å². The molecule has 1 aliphatic rings. The second-order valence-electron chi connectivity index (χ2n) is 4.53. The van der Waals surface area contributed by atoms with Crippen LogP contribution in [0.2, 0.25) is 0 Å². The fourth-order valence-corrected chi connectivity index (χ4v) is 2.63. The Labute approximate surface area is 88.2 Å². The third-order valence-corrected chi connectivity index (χ3v) is 3.54. The molecule has 0 radical (unpaired) electrons. The molecule has 0 saturated heterocycles. The van der Waals surface area contributed by atoms with Gasteiger partial charge in [-0.1, -0.05) is 32.1 Å². The number of unbranched alkanes of at least 4 members (excludes halogenated alkanes) is 1. The first-order valence-corrected chi connectivity index (χ1v) is 6.07. The molecule has 2 N–H and O–H groups in total. The van der Waals surface area contributed by atoms with Crippen molar-refractivity contribution in [3.63, 3.8) is 0 Å². The molecule has 0 heterocycles. The molecule has 1 rings (SSSR count). The summed E-state index contributed by atoms with van der Waals surface area (Å²) < 4.78 is 5.05. The lowest BCUT2D eigenvalue weighted by Gasteiger charge is -2.21. The van der Waals surface area contributed by atoms with Crippen LogP contribution in [0.25, 0.3) is 0 Å². The van der Waals surface area contributed by atoms with Crippen LogP contribution in [0.5, 0.6) is 0 Å². The van der Waals surface area contributed by atoms with Crippen molar-refractivity contribution >= 4 is 0 Å². The summed E-state index contributed by atoms with van der Waals surface area (Å²) in [7, 11) is 1.78. The van der Waals surface area contributed by atoms with E-state index < -0.39 is 0 Å². The average molecular weight is 199 g/mol. The number of rotatable bonds is 7. The second-order valence-corrected chi connectivity index (χ2v) is 4.53. The van der Waals surface area contributed by atoms with Crippen LogP contribution in [-0.2, 0) is 4.74 Å². The van der Waals surface area contributed by atoms with E-state index in [1.165, 1.54) is 44.9 Å². The first-order chi connectivity index (χ1) is 6.88. The van der Waals surface area contributed by atoms with Gasteiger partial charge in [-0.25, -0.2) is 0 Å². The molecule has 1 atom stereocenters. The summed E-state index contributed by atoms with van der Waals surface area (Å²) in [6, 6.07) is 0. The van der Waals surface area contributed by atoms with Crippen LogP contribution in [0.4, 0.5) is 0 Å². The molecule has 0 aromatic rings. The normalized spacial score (nSPS) is 20.1. The van der Waals surface area contributed by atoms with Gasteiger partial charge < -0.3 is 10.5 Å². The van der Waals surface area contributed by atoms with E-state index in [1.54, 1.807) is 7.11 Å². The minimum Gasteiger partial charge on any atom is -0.385 e. The van der Waals surface area contributed by atoms with Crippen molar-refractivity contribution in [2.24, 2.45) is 17.6 Å². The fourth-order valence-electron chi connectivity index (χ4n) is 2.63. The number of methoxy groups -OCH3 is 1. The zero-order valence-electron chi connectivity index (χ0n) is 9.50. The van der Waals surface area contributed by atoms with Gasteiger partial charge in [0.05, 0.1) is 0 Å². The fraction of sp³-hybridized carbons (Fsp3) is 1.00. The Morgan fingerprint density at radius 3 is 2.57 bits per heavy atom. The van der Waals surface area contributed by atoms with Gasteiger partial charge in [-0.2, -0.15) is 0 Å². The van der Waals surface area contributed by atoms with Gasteiger partial charge in [-0.3, -0.25) is 0 Å². The van der Waals surface area contributed by atoms with Crippen molar-refractivity contribution in [2.75, 3.05) is 20.3 Å². The van der Waals surface area contributed by atoms with Gasteiger partial charge >= 0.3 is 0 Å². The van der Waals surface area contributed by atoms with Crippen LogP contribution in [0.1, 0.15) is 44.9 Å². The minimum absolute atomic E-state index is 0.786. The van der Waals surface area contributed by atoms with E-state index in [0.29, 0.717) is 0 Å². The molecule has 1 saturated carbocycles. The molecule has 1 fully saturated rings. The Balaban J connectivity index is 2.11. The highest BCUT2D eigenvalue weighted by Crippen LogP contribution is 2.33. The van der Waals surface area contributed by atoms with E-state index in [0.717, 1.165) is 25.0 Å². The summed E-state index contributed by atoms with van der Waals surface area (Å²) in [5.74, 6) is 1.72. The standard InChI is InChI=1S/C12H25NO/c1-14-9-5-4-8-12(10-13)11-6-2-3-7-11/h11-12H,2-10,13H2,1H3. The predicted molar refractivity (Wildman–Crippen MR) is 60.2 cm³/mol. The monoisotopic (exact) mass is 199 g/mol. The Hall–Kier alpha value is -0.0800. The van der Waals surface area contributed by atoms with E-state index in [9.17, 15) is 0 Å². The third-order valence-electron chi connectivity index (χ3n) is 3.54. The summed E-state index contributed by atoms with van der Waals surface area (Å²) in [6.45, 7) is 1.79. The highest BCUT2D eigenvalue weighted by Gasteiger charge is 2.23.